The van der Waals surface area contributed by atoms with Crippen LogP contribution in [-0.4, -0.2) is 21.0 Å². The van der Waals surface area contributed by atoms with Crippen LogP contribution in [0.1, 0.15) is 18.1 Å². The molecule has 0 aliphatic carbocycles. The molecule has 129 valence electrons. The third-order valence-corrected chi connectivity index (χ3v) is 7.11. The largest absolute Gasteiger partial charge is 1.00 e. The molecule has 0 heterocycles. The van der Waals surface area contributed by atoms with Crippen molar-refractivity contribution in [1.82, 2.24) is 0 Å². The molecule has 0 bridgehead atoms. The molecule has 1 radical (unpaired) electrons. The molecule has 0 saturated heterocycles. The van der Waals surface area contributed by atoms with E-state index in [1.165, 1.54) is 16.7 Å². The molecule has 3 aromatic carbocycles. The number of rotatable bonds is 6. The average Bonchev–Trinajstić information content (AvgIpc) is 2.61. The zero-order valence-corrected chi connectivity index (χ0v) is 20.5. The van der Waals surface area contributed by atoms with Crippen LogP contribution in [0.5, 0.6) is 17.2 Å². The van der Waals surface area contributed by atoms with Crippen LogP contribution in [0, 0.1) is 20.8 Å². The summed E-state index contributed by atoms with van der Waals surface area (Å²) in [6, 6.07) is 23.8. The fourth-order valence-electron chi connectivity index (χ4n) is 2.17. The van der Waals surface area contributed by atoms with Gasteiger partial charge in [0.25, 0.3) is 0 Å². The minimum absolute atomic E-state index is 0. The first-order valence-electron chi connectivity index (χ1n) is 8.19. The molecule has 0 N–H and O–H groups in total. The Labute approximate surface area is 187 Å². The van der Waals surface area contributed by atoms with Gasteiger partial charge in [-0.05, 0) is 0 Å². The van der Waals surface area contributed by atoms with Gasteiger partial charge in [-0.1, -0.05) is 0 Å². The summed E-state index contributed by atoms with van der Waals surface area (Å²) >= 11 is -3.12. The van der Waals surface area contributed by atoms with Gasteiger partial charge in [0.1, 0.15) is 0 Å². The van der Waals surface area contributed by atoms with Gasteiger partial charge in [0.2, 0.25) is 0 Å². The standard InChI is InChI=1S/3C7H8O.Na.Sn.H/c3*1-6-2-4-7(8)5-3-6;;;/h3*2-5,8H,1H3;;;/q;;;+1;+3;-1/p-3. The Bertz CT molecular complexity index is 695. The van der Waals surface area contributed by atoms with E-state index in [-0.39, 0.29) is 31.0 Å². The molecule has 3 nitrogen and oxygen atoms in total. The predicted octanol–water partition coefficient (Wildman–Crippen LogP) is 2.25. The summed E-state index contributed by atoms with van der Waals surface area (Å²) in [4.78, 5) is 0. The molecule has 0 saturated carbocycles. The molecule has 0 aliphatic heterocycles. The summed E-state index contributed by atoms with van der Waals surface area (Å²) in [6.07, 6.45) is 0. The van der Waals surface area contributed by atoms with E-state index in [0.29, 0.717) is 0 Å². The van der Waals surface area contributed by atoms with Crippen molar-refractivity contribution in [3.8, 4) is 17.2 Å². The fraction of sp³-hybridized carbons (Fsp3) is 0.143. The second-order valence-corrected chi connectivity index (χ2v) is 9.17. The van der Waals surface area contributed by atoms with Crippen LogP contribution in [0.2, 0.25) is 0 Å². The Hall–Kier alpha value is -1.14. The number of hydrogen-bond donors (Lipinski definition) is 0. The third-order valence-electron chi connectivity index (χ3n) is 3.67. The summed E-state index contributed by atoms with van der Waals surface area (Å²) < 4.78 is 18.3. The minimum atomic E-state index is -3.12. The molecule has 0 amide bonds. The second-order valence-electron chi connectivity index (χ2n) is 6.00. The van der Waals surface area contributed by atoms with Crippen LogP contribution in [0.25, 0.3) is 0 Å². The summed E-state index contributed by atoms with van der Waals surface area (Å²) in [5.74, 6) is 2.33. The van der Waals surface area contributed by atoms with E-state index in [1.54, 1.807) is 0 Å². The molecular weight excluding hydrogens is 442 g/mol. The average molecular weight is 464 g/mol. The van der Waals surface area contributed by atoms with Crippen LogP contribution in [-0.2, 0) is 0 Å². The fourth-order valence-corrected chi connectivity index (χ4v) is 5.34. The Morgan fingerprint density at radius 1 is 0.500 bits per heavy atom. The van der Waals surface area contributed by atoms with Crippen molar-refractivity contribution >= 4 is 21.0 Å². The predicted molar refractivity (Wildman–Crippen MR) is 102 cm³/mol. The Kier molecular flexibility index (Phi) is 8.35. The van der Waals surface area contributed by atoms with Gasteiger partial charge in [-0.15, -0.1) is 0 Å². The Morgan fingerprint density at radius 2 is 0.731 bits per heavy atom. The number of aryl methyl sites for hydroxylation is 3. The Morgan fingerprint density at radius 3 is 0.962 bits per heavy atom. The van der Waals surface area contributed by atoms with Crippen molar-refractivity contribution in [3.63, 3.8) is 0 Å². The first-order chi connectivity index (χ1) is 12.1. The van der Waals surface area contributed by atoms with Crippen LogP contribution < -0.4 is 38.8 Å². The monoisotopic (exact) mass is 465 g/mol. The molecular formula is C21H22NaO3Sn. The molecule has 0 unspecified atom stereocenters. The third kappa shape index (κ3) is 6.54. The maximum Gasteiger partial charge on any atom is 1.00 e. The van der Waals surface area contributed by atoms with Crippen molar-refractivity contribution in [3.05, 3.63) is 89.5 Å². The van der Waals surface area contributed by atoms with Gasteiger partial charge in [-0.25, -0.2) is 0 Å². The molecule has 0 aromatic heterocycles. The topological polar surface area (TPSA) is 27.7 Å². The zero-order valence-electron chi connectivity index (χ0n) is 16.7. The molecule has 0 fully saturated rings. The van der Waals surface area contributed by atoms with E-state index >= 15 is 0 Å². The van der Waals surface area contributed by atoms with E-state index in [1.807, 2.05) is 72.8 Å². The molecule has 5 heteroatoms. The van der Waals surface area contributed by atoms with Gasteiger partial charge in [0.05, 0.1) is 0 Å². The van der Waals surface area contributed by atoms with E-state index in [0.717, 1.165) is 17.2 Å². The SMILES string of the molecule is Cc1ccc([O][Sn]([O]c2ccc(C)cc2)[O]c2ccc(C)cc2)cc1.[H-].[Na+]. The van der Waals surface area contributed by atoms with Gasteiger partial charge in [-0.2, -0.15) is 0 Å². The maximum atomic E-state index is 6.09. The van der Waals surface area contributed by atoms with Gasteiger partial charge < -0.3 is 1.43 Å². The molecule has 0 atom stereocenters. The Balaban J connectivity index is 0.00000182. The van der Waals surface area contributed by atoms with Gasteiger partial charge in [-0.3, -0.25) is 0 Å². The molecule has 3 rings (SSSR count). The summed E-state index contributed by atoms with van der Waals surface area (Å²) in [5, 5.41) is 0. The van der Waals surface area contributed by atoms with Gasteiger partial charge in [0.15, 0.2) is 0 Å². The quantitative estimate of drug-likeness (QED) is 0.525. The van der Waals surface area contributed by atoms with Crippen molar-refractivity contribution < 1.29 is 40.2 Å². The van der Waals surface area contributed by atoms with Crippen molar-refractivity contribution in [1.29, 1.82) is 0 Å². The van der Waals surface area contributed by atoms with Crippen LogP contribution in [0.3, 0.4) is 0 Å². The van der Waals surface area contributed by atoms with E-state index < -0.39 is 21.0 Å². The van der Waals surface area contributed by atoms with Crippen LogP contribution >= 0.6 is 0 Å². The minimum Gasteiger partial charge on any atom is -1.00 e. The van der Waals surface area contributed by atoms with Gasteiger partial charge in [0, 0.05) is 0 Å². The smallest absolute Gasteiger partial charge is 1.00 e. The molecule has 26 heavy (non-hydrogen) atoms. The van der Waals surface area contributed by atoms with E-state index in [2.05, 4.69) is 20.8 Å². The number of hydrogen-bond acceptors (Lipinski definition) is 3. The molecule has 3 aromatic rings. The molecule has 0 aliphatic rings. The maximum absolute atomic E-state index is 6.09. The molecule has 0 spiro atoms. The summed E-state index contributed by atoms with van der Waals surface area (Å²) in [7, 11) is 0. The van der Waals surface area contributed by atoms with Crippen molar-refractivity contribution in [2.75, 3.05) is 0 Å². The van der Waals surface area contributed by atoms with Crippen LogP contribution in [0.4, 0.5) is 0 Å². The summed E-state index contributed by atoms with van der Waals surface area (Å²) in [5.41, 5.74) is 3.57. The van der Waals surface area contributed by atoms with Crippen molar-refractivity contribution in [2.45, 2.75) is 20.8 Å². The van der Waals surface area contributed by atoms with Gasteiger partial charge >= 0.3 is 187 Å². The normalized spacial score (nSPS) is 10.2. The van der Waals surface area contributed by atoms with E-state index in [9.17, 15) is 0 Å². The number of benzene rings is 3. The first-order valence-corrected chi connectivity index (χ1v) is 11.7. The van der Waals surface area contributed by atoms with E-state index in [4.69, 9.17) is 9.22 Å². The second kappa shape index (κ2) is 10.3. The van der Waals surface area contributed by atoms with Crippen LogP contribution in [0.15, 0.2) is 72.8 Å². The first kappa shape index (κ1) is 21.2. The van der Waals surface area contributed by atoms with Crippen molar-refractivity contribution in [2.24, 2.45) is 0 Å². The zero-order chi connectivity index (χ0) is 17.6. The summed E-state index contributed by atoms with van der Waals surface area (Å²) in [6.45, 7) is 6.15.